The van der Waals surface area contributed by atoms with Gasteiger partial charge in [0, 0.05) is 38.8 Å². The number of nitrogens with zero attached hydrogens (tertiary/aromatic N) is 3. The van der Waals surface area contributed by atoms with Crippen molar-refractivity contribution >= 4 is 29.9 Å². The lowest BCUT2D eigenvalue weighted by molar-refractivity contribution is 0.0195. The van der Waals surface area contributed by atoms with E-state index in [9.17, 15) is 0 Å². The van der Waals surface area contributed by atoms with Crippen LogP contribution in [0.15, 0.2) is 29.3 Å². The Morgan fingerprint density at radius 2 is 1.90 bits per heavy atom. The molecule has 7 nitrogen and oxygen atoms in total. The number of morpholine rings is 1. The predicted octanol–water partition coefficient (Wildman–Crippen LogP) is 2.45. The first kappa shape index (κ1) is 24.0. The smallest absolute Gasteiger partial charge is 0.194 e. The Morgan fingerprint density at radius 1 is 1.21 bits per heavy atom. The molecule has 0 aromatic heterocycles. The van der Waals surface area contributed by atoms with Crippen LogP contribution in [0.2, 0.25) is 0 Å². The molecule has 2 fully saturated rings. The standard InChI is InChI=1S/C21H34N4O3.HI/c1-4-22-21(25-10-9-18(16-25)24-11-13-27-14-12-24)23-15-17(2)28-20-7-5-19(26-3)6-8-20;/h5-8,17-18H,4,9-16H2,1-3H3,(H,22,23);1H. The van der Waals surface area contributed by atoms with Crippen LogP contribution in [0, 0.1) is 0 Å². The third-order valence-electron chi connectivity index (χ3n) is 5.25. The molecular weight excluding hydrogens is 483 g/mol. The Balaban J connectivity index is 0.00000300. The predicted molar refractivity (Wildman–Crippen MR) is 127 cm³/mol. The lowest BCUT2D eigenvalue weighted by Crippen LogP contribution is -2.46. The lowest BCUT2D eigenvalue weighted by atomic mass is 10.2. The monoisotopic (exact) mass is 518 g/mol. The van der Waals surface area contributed by atoms with Crippen LogP contribution in [0.5, 0.6) is 11.5 Å². The summed E-state index contributed by atoms with van der Waals surface area (Å²) in [5.74, 6) is 2.65. The summed E-state index contributed by atoms with van der Waals surface area (Å²) < 4.78 is 16.7. The highest BCUT2D eigenvalue weighted by Crippen LogP contribution is 2.19. The highest BCUT2D eigenvalue weighted by molar-refractivity contribution is 14.0. The molecule has 8 heteroatoms. The summed E-state index contributed by atoms with van der Waals surface area (Å²) in [6.45, 7) is 11.5. The summed E-state index contributed by atoms with van der Waals surface area (Å²) in [5, 5.41) is 3.44. The van der Waals surface area contributed by atoms with Gasteiger partial charge in [0.1, 0.15) is 17.6 Å². The Labute approximate surface area is 191 Å². The minimum atomic E-state index is -0.000283. The van der Waals surface area contributed by atoms with Crippen molar-refractivity contribution in [1.82, 2.24) is 15.1 Å². The van der Waals surface area contributed by atoms with Gasteiger partial charge in [-0.3, -0.25) is 4.90 Å². The fourth-order valence-corrected chi connectivity index (χ4v) is 3.74. The summed E-state index contributed by atoms with van der Waals surface area (Å²) in [6, 6.07) is 8.27. The number of hydrogen-bond acceptors (Lipinski definition) is 5. The molecule has 2 aliphatic rings. The van der Waals surface area contributed by atoms with E-state index in [-0.39, 0.29) is 30.1 Å². The van der Waals surface area contributed by atoms with Crippen molar-refractivity contribution < 1.29 is 14.2 Å². The molecule has 0 saturated carbocycles. The van der Waals surface area contributed by atoms with Crippen molar-refractivity contribution in [2.75, 3.05) is 59.6 Å². The highest BCUT2D eigenvalue weighted by atomic mass is 127. The Morgan fingerprint density at radius 3 is 2.55 bits per heavy atom. The van der Waals surface area contributed by atoms with E-state index in [0.29, 0.717) is 12.6 Å². The van der Waals surface area contributed by atoms with E-state index >= 15 is 0 Å². The van der Waals surface area contributed by atoms with Gasteiger partial charge in [-0.25, -0.2) is 4.99 Å². The van der Waals surface area contributed by atoms with Gasteiger partial charge in [-0.1, -0.05) is 0 Å². The molecule has 0 radical (unpaired) electrons. The third-order valence-corrected chi connectivity index (χ3v) is 5.25. The summed E-state index contributed by atoms with van der Waals surface area (Å²) in [4.78, 5) is 9.78. The maximum Gasteiger partial charge on any atom is 0.194 e. The van der Waals surface area contributed by atoms with Crippen molar-refractivity contribution in [1.29, 1.82) is 0 Å². The molecule has 2 saturated heterocycles. The van der Waals surface area contributed by atoms with Crippen LogP contribution < -0.4 is 14.8 Å². The molecule has 2 heterocycles. The molecule has 0 bridgehead atoms. The summed E-state index contributed by atoms with van der Waals surface area (Å²) in [7, 11) is 1.66. The van der Waals surface area contributed by atoms with E-state index in [1.165, 1.54) is 6.42 Å². The first-order valence-corrected chi connectivity index (χ1v) is 10.4. The van der Waals surface area contributed by atoms with Gasteiger partial charge >= 0.3 is 0 Å². The minimum Gasteiger partial charge on any atom is -0.497 e. The zero-order chi connectivity index (χ0) is 19.8. The van der Waals surface area contributed by atoms with Gasteiger partial charge in [0.05, 0.1) is 26.9 Å². The van der Waals surface area contributed by atoms with Crippen LogP contribution in [0.3, 0.4) is 0 Å². The number of ether oxygens (including phenoxy) is 3. The normalized spacial score (nSPS) is 21.4. The van der Waals surface area contributed by atoms with E-state index in [4.69, 9.17) is 19.2 Å². The van der Waals surface area contributed by atoms with Gasteiger partial charge in [0.15, 0.2) is 5.96 Å². The maximum absolute atomic E-state index is 5.99. The average molecular weight is 518 g/mol. The van der Waals surface area contributed by atoms with E-state index in [2.05, 4.69) is 29.0 Å². The molecule has 0 amide bonds. The fraction of sp³-hybridized carbons (Fsp3) is 0.667. The van der Waals surface area contributed by atoms with Crippen LogP contribution in [0.4, 0.5) is 0 Å². The van der Waals surface area contributed by atoms with Crippen LogP contribution in [-0.4, -0.2) is 87.5 Å². The van der Waals surface area contributed by atoms with Crippen LogP contribution in [0.1, 0.15) is 20.3 Å². The zero-order valence-corrected chi connectivity index (χ0v) is 20.1. The number of hydrogen-bond donors (Lipinski definition) is 1. The number of aliphatic imine (C=N–C) groups is 1. The quantitative estimate of drug-likeness (QED) is 0.340. The largest absolute Gasteiger partial charge is 0.497 e. The van der Waals surface area contributed by atoms with Crippen molar-refractivity contribution in [3.05, 3.63) is 24.3 Å². The average Bonchev–Trinajstić information content (AvgIpc) is 3.22. The van der Waals surface area contributed by atoms with Gasteiger partial charge in [-0.15, -0.1) is 24.0 Å². The van der Waals surface area contributed by atoms with E-state index in [0.717, 1.165) is 63.4 Å². The topological polar surface area (TPSA) is 58.6 Å². The SMILES string of the molecule is CCNC(=NCC(C)Oc1ccc(OC)cc1)N1CCC(N2CCOCC2)C1.I. The van der Waals surface area contributed by atoms with Crippen LogP contribution in [-0.2, 0) is 4.74 Å². The minimum absolute atomic E-state index is 0. The van der Waals surface area contributed by atoms with Crippen molar-refractivity contribution in [2.24, 2.45) is 4.99 Å². The Kier molecular flexibility index (Phi) is 10.3. The number of methoxy groups -OCH3 is 1. The summed E-state index contributed by atoms with van der Waals surface area (Å²) in [6.07, 6.45) is 1.18. The fourth-order valence-electron chi connectivity index (χ4n) is 3.74. The molecule has 1 aromatic rings. The second kappa shape index (κ2) is 12.4. The zero-order valence-electron chi connectivity index (χ0n) is 17.8. The highest BCUT2D eigenvalue weighted by Gasteiger charge is 2.30. The van der Waals surface area contributed by atoms with Gasteiger partial charge < -0.3 is 24.4 Å². The number of halogens is 1. The van der Waals surface area contributed by atoms with Crippen molar-refractivity contribution in [2.45, 2.75) is 32.4 Å². The number of rotatable bonds is 7. The third kappa shape index (κ3) is 7.18. The molecule has 2 atom stereocenters. The molecule has 0 aliphatic carbocycles. The first-order valence-electron chi connectivity index (χ1n) is 10.4. The molecule has 1 aromatic carbocycles. The molecule has 2 aliphatic heterocycles. The van der Waals surface area contributed by atoms with Gasteiger partial charge in [-0.2, -0.15) is 0 Å². The van der Waals surface area contributed by atoms with Gasteiger partial charge in [-0.05, 0) is 44.5 Å². The molecule has 164 valence electrons. The van der Waals surface area contributed by atoms with Gasteiger partial charge in [0.2, 0.25) is 0 Å². The maximum atomic E-state index is 5.99. The first-order chi connectivity index (χ1) is 13.7. The number of likely N-dealkylation sites (tertiary alicyclic amines) is 1. The van der Waals surface area contributed by atoms with Crippen molar-refractivity contribution in [3.8, 4) is 11.5 Å². The van der Waals surface area contributed by atoms with Crippen molar-refractivity contribution in [3.63, 3.8) is 0 Å². The van der Waals surface area contributed by atoms with E-state index in [1.807, 2.05) is 24.3 Å². The Bertz CT molecular complexity index is 623. The number of benzene rings is 1. The summed E-state index contributed by atoms with van der Waals surface area (Å²) in [5.41, 5.74) is 0. The van der Waals surface area contributed by atoms with Crippen LogP contribution >= 0.6 is 24.0 Å². The molecule has 29 heavy (non-hydrogen) atoms. The second-order valence-electron chi connectivity index (χ2n) is 7.34. The number of nitrogens with one attached hydrogen (secondary N) is 1. The molecule has 3 rings (SSSR count). The van der Waals surface area contributed by atoms with E-state index in [1.54, 1.807) is 7.11 Å². The summed E-state index contributed by atoms with van der Waals surface area (Å²) >= 11 is 0. The lowest BCUT2D eigenvalue weighted by Gasteiger charge is -2.32. The molecule has 0 spiro atoms. The second-order valence-corrected chi connectivity index (χ2v) is 7.34. The van der Waals surface area contributed by atoms with Gasteiger partial charge in [0.25, 0.3) is 0 Å². The molecule has 1 N–H and O–H groups in total. The molecule has 2 unspecified atom stereocenters. The number of guanidine groups is 1. The van der Waals surface area contributed by atoms with Crippen LogP contribution in [0.25, 0.3) is 0 Å². The Hall–Kier alpha value is -1.26. The van der Waals surface area contributed by atoms with E-state index < -0.39 is 0 Å². The molecular formula is C21H35IN4O3.